The third-order valence-electron chi connectivity index (χ3n) is 5.99. The van der Waals surface area contributed by atoms with Gasteiger partial charge in [-0.25, -0.2) is 4.79 Å². The quantitative estimate of drug-likeness (QED) is 0.229. The van der Waals surface area contributed by atoms with Crippen molar-refractivity contribution in [3.8, 4) is 34.8 Å². The Balaban J connectivity index is 1.55. The lowest BCUT2D eigenvalue weighted by atomic mass is 9.83. The number of fused-ring (bicyclic) bond motifs is 1. The summed E-state index contributed by atoms with van der Waals surface area (Å²) in [5, 5.41) is 9.85. The van der Waals surface area contributed by atoms with Gasteiger partial charge in [0.1, 0.15) is 35.5 Å². The second-order valence-electron chi connectivity index (χ2n) is 8.39. The molecule has 8 nitrogen and oxygen atoms in total. The summed E-state index contributed by atoms with van der Waals surface area (Å²) < 4.78 is 27.9. The fraction of sp³-hybridized carbons (Fsp3) is 0.200. The maximum atomic E-state index is 12.4. The van der Waals surface area contributed by atoms with Crippen LogP contribution < -0.4 is 29.4 Å². The average molecular weight is 513 g/mol. The lowest BCUT2D eigenvalue weighted by Gasteiger charge is -2.27. The topological polar surface area (TPSA) is 113 Å². The molecule has 1 atom stereocenters. The molecule has 0 saturated carbocycles. The lowest BCUT2D eigenvalue weighted by Crippen LogP contribution is -2.22. The molecule has 0 aliphatic carbocycles. The second-order valence-corrected chi connectivity index (χ2v) is 8.39. The van der Waals surface area contributed by atoms with Gasteiger partial charge in [0.25, 0.3) is 0 Å². The molecule has 38 heavy (non-hydrogen) atoms. The zero-order valence-corrected chi connectivity index (χ0v) is 21.2. The number of rotatable bonds is 10. The molecule has 2 N–H and O–H groups in total. The van der Waals surface area contributed by atoms with Crippen LogP contribution in [0.1, 0.15) is 29.5 Å². The van der Waals surface area contributed by atoms with Gasteiger partial charge in [-0.05, 0) is 47.9 Å². The van der Waals surface area contributed by atoms with Crippen LogP contribution in [0.5, 0.6) is 28.7 Å². The van der Waals surface area contributed by atoms with Gasteiger partial charge in [0, 0.05) is 11.6 Å². The van der Waals surface area contributed by atoms with Crippen molar-refractivity contribution in [3.05, 3.63) is 101 Å². The molecule has 8 heteroatoms. The van der Waals surface area contributed by atoms with E-state index in [1.807, 2.05) is 30.3 Å². The molecule has 4 rings (SSSR count). The van der Waals surface area contributed by atoms with Crippen molar-refractivity contribution >= 4 is 5.97 Å². The summed E-state index contributed by atoms with van der Waals surface area (Å²) >= 11 is 0. The summed E-state index contributed by atoms with van der Waals surface area (Å²) in [5.74, 6) is 1.14. The zero-order chi connectivity index (χ0) is 27.1. The van der Waals surface area contributed by atoms with E-state index in [0.29, 0.717) is 35.2 Å². The van der Waals surface area contributed by atoms with Crippen LogP contribution in [0.2, 0.25) is 0 Å². The number of carbonyl (C=O) groups is 1. The molecule has 0 spiro atoms. The van der Waals surface area contributed by atoms with E-state index in [2.05, 4.69) is 19.6 Å². The molecular weight excluding hydrogens is 484 g/mol. The molecule has 0 radical (unpaired) electrons. The van der Waals surface area contributed by atoms with E-state index < -0.39 is 11.9 Å². The highest BCUT2D eigenvalue weighted by molar-refractivity contribution is 5.74. The van der Waals surface area contributed by atoms with Crippen LogP contribution in [0, 0.1) is 11.3 Å². The number of allylic oxidation sites excluding steroid dienone is 1. The van der Waals surface area contributed by atoms with E-state index >= 15 is 0 Å². The maximum Gasteiger partial charge on any atom is 0.349 e. The van der Waals surface area contributed by atoms with E-state index in [0.717, 1.165) is 12.0 Å². The average Bonchev–Trinajstić information content (AvgIpc) is 2.94. The predicted molar refractivity (Wildman–Crippen MR) is 141 cm³/mol. The highest BCUT2D eigenvalue weighted by Crippen LogP contribution is 2.45. The van der Waals surface area contributed by atoms with E-state index in [1.54, 1.807) is 36.4 Å². The number of aryl methyl sites for hydroxylation is 1. The Labute approximate surface area is 221 Å². The summed E-state index contributed by atoms with van der Waals surface area (Å²) in [5.41, 5.74) is 8.99. The minimum Gasteiger partial charge on any atom is -0.493 e. The van der Waals surface area contributed by atoms with Gasteiger partial charge in [0.15, 0.2) is 18.1 Å². The number of hydrogen-bond acceptors (Lipinski definition) is 8. The summed E-state index contributed by atoms with van der Waals surface area (Å²) in [6.45, 7) is 5.79. The molecular formula is C30H28N2O6. The van der Waals surface area contributed by atoms with Crippen LogP contribution >= 0.6 is 0 Å². The van der Waals surface area contributed by atoms with Gasteiger partial charge < -0.3 is 29.4 Å². The second kappa shape index (κ2) is 11.9. The number of nitrogens with zero attached hydrogens (tertiary/aromatic N) is 1. The summed E-state index contributed by atoms with van der Waals surface area (Å²) in [6, 6.07) is 20.0. The largest absolute Gasteiger partial charge is 0.493 e. The fourth-order valence-electron chi connectivity index (χ4n) is 4.10. The standard InChI is InChI=1S/C30H28N2O6/c1-4-14-35-25-13-8-20(15-27(25)34-3)29-23-12-11-22(16-26(23)38-30(32)24(29)17-31)37-28(33)18-36-21-9-6-19(5-2)7-10-21/h4,6-13,15-16,29H,1,5,14,18,32H2,2-3H3. The molecule has 3 aromatic rings. The molecule has 0 saturated heterocycles. The Hall–Kier alpha value is -4.90. The van der Waals surface area contributed by atoms with Crippen molar-refractivity contribution in [1.82, 2.24) is 0 Å². The number of ether oxygens (including phenoxy) is 5. The number of esters is 1. The van der Waals surface area contributed by atoms with E-state index in [1.165, 1.54) is 12.7 Å². The van der Waals surface area contributed by atoms with Crippen LogP contribution in [0.25, 0.3) is 0 Å². The number of nitrogens with two attached hydrogens (primary N) is 1. The number of nitriles is 1. The third-order valence-corrected chi connectivity index (χ3v) is 5.99. The van der Waals surface area contributed by atoms with Crippen LogP contribution in [-0.2, 0) is 11.2 Å². The molecule has 3 aromatic carbocycles. The molecule has 1 aliphatic rings. The van der Waals surface area contributed by atoms with Crippen molar-refractivity contribution in [2.75, 3.05) is 20.3 Å². The van der Waals surface area contributed by atoms with Crippen LogP contribution in [0.15, 0.2) is 84.8 Å². The van der Waals surface area contributed by atoms with E-state index in [4.69, 9.17) is 29.4 Å². The van der Waals surface area contributed by atoms with Crippen molar-refractivity contribution in [2.45, 2.75) is 19.3 Å². The number of benzene rings is 3. The Morgan fingerprint density at radius 3 is 2.53 bits per heavy atom. The number of carbonyl (C=O) groups excluding carboxylic acids is 1. The number of methoxy groups -OCH3 is 1. The fourth-order valence-corrected chi connectivity index (χ4v) is 4.10. The van der Waals surface area contributed by atoms with Gasteiger partial charge >= 0.3 is 5.97 Å². The molecule has 0 bridgehead atoms. The predicted octanol–water partition coefficient (Wildman–Crippen LogP) is 5.02. The van der Waals surface area contributed by atoms with Gasteiger partial charge in [-0.1, -0.05) is 43.8 Å². The smallest absolute Gasteiger partial charge is 0.349 e. The highest BCUT2D eigenvalue weighted by atomic mass is 16.6. The summed E-state index contributed by atoms with van der Waals surface area (Å²) in [6.07, 6.45) is 2.56. The number of hydrogen-bond donors (Lipinski definition) is 1. The monoisotopic (exact) mass is 512 g/mol. The van der Waals surface area contributed by atoms with Crippen LogP contribution in [-0.4, -0.2) is 26.3 Å². The normalized spacial score (nSPS) is 14.0. The Morgan fingerprint density at radius 1 is 1.08 bits per heavy atom. The summed E-state index contributed by atoms with van der Waals surface area (Å²) in [7, 11) is 1.54. The van der Waals surface area contributed by atoms with Crippen molar-refractivity contribution in [1.29, 1.82) is 5.26 Å². The minimum absolute atomic E-state index is 0.0294. The molecule has 0 aromatic heterocycles. The first-order valence-electron chi connectivity index (χ1n) is 12.0. The van der Waals surface area contributed by atoms with Crippen LogP contribution in [0.4, 0.5) is 0 Å². The van der Waals surface area contributed by atoms with Gasteiger partial charge in [-0.2, -0.15) is 5.26 Å². The van der Waals surface area contributed by atoms with Crippen molar-refractivity contribution in [3.63, 3.8) is 0 Å². The third kappa shape index (κ3) is 5.73. The maximum absolute atomic E-state index is 12.4. The Morgan fingerprint density at radius 2 is 1.84 bits per heavy atom. The van der Waals surface area contributed by atoms with E-state index in [-0.39, 0.29) is 23.8 Å². The van der Waals surface area contributed by atoms with Gasteiger partial charge in [-0.15, -0.1) is 0 Å². The minimum atomic E-state index is -0.571. The molecule has 0 fully saturated rings. The van der Waals surface area contributed by atoms with Crippen molar-refractivity contribution in [2.24, 2.45) is 5.73 Å². The van der Waals surface area contributed by atoms with Gasteiger partial charge in [0.2, 0.25) is 5.88 Å². The zero-order valence-electron chi connectivity index (χ0n) is 21.2. The first kappa shape index (κ1) is 26.2. The van der Waals surface area contributed by atoms with Crippen LogP contribution in [0.3, 0.4) is 0 Å². The first-order chi connectivity index (χ1) is 18.5. The lowest BCUT2D eigenvalue weighted by molar-refractivity contribution is -0.136. The van der Waals surface area contributed by atoms with Crippen molar-refractivity contribution < 1.29 is 28.5 Å². The summed E-state index contributed by atoms with van der Waals surface area (Å²) in [4.78, 5) is 12.4. The van der Waals surface area contributed by atoms with E-state index in [9.17, 15) is 10.1 Å². The molecule has 1 heterocycles. The highest BCUT2D eigenvalue weighted by Gasteiger charge is 2.31. The Kier molecular flexibility index (Phi) is 8.19. The molecule has 1 unspecified atom stereocenters. The van der Waals surface area contributed by atoms with Gasteiger partial charge in [-0.3, -0.25) is 0 Å². The molecule has 0 amide bonds. The SMILES string of the molecule is C=CCOc1ccc(C2C(C#N)=C(N)Oc3cc(OC(=O)COc4ccc(CC)cc4)ccc32)cc1OC. The molecule has 194 valence electrons. The van der Waals surface area contributed by atoms with Gasteiger partial charge in [0.05, 0.1) is 13.0 Å². The first-order valence-corrected chi connectivity index (χ1v) is 12.0. The Bertz CT molecular complexity index is 1410. The molecule has 1 aliphatic heterocycles.